The lowest BCUT2D eigenvalue weighted by atomic mass is 10.0. The SMILES string of the molecule is COC(=O)C=CCOC[C@@](C)(NC(=O)O)C(=O)Nc1ccc2c(c1)CCN(C)CC2. The van der Waals surface area contributed by atoms with Crippen molar-refractivity contribution in [2.45, 2.75) is 25.3 Å². The molecule has 2 rings (SSSR count). The van der Waals surface area contributed by atoms with Crippen molar-refractivity contribution in [1.29, 1.82) is 0 Å². The molecule has 30 heavy (non-hydrogen) atoms. The van der Waals surface area contributed by atoms with Gasteiger partial charge >= 0.3 is 12.1 Å². The number of rotatable bonds is 8. The first-order chi connectivity index (χ1) is 14.2. The van der Waals surface area contributed by atoms with Crippen LogP contribution in [0, 0.1) is 0 Å². The van der Waals surface area contributed by atoms with E-state index in [1.807, 2.05) is 18.2 Å². The number of carbonyl (C=O) groups is 3. The highest BCUT2D eigenvalue weighted by Gasteiger charge is 2.35. The Kier molecular flexibility index (Phi) is 8.37. The summed E-state index contributed by atoms with van der Waals surface area (Å²) in [5.41, 5.74) is 1.52. The minimum atomic E-state index is -1.52. The Morgan fingerprint density at radius 2 is 1.93 bits per heavy atom. The molecule has 0 aliphatic carbocycles. The number of anilines is 1. The molecule has 2 amide bonds. The minimum absolute atomic E-state index is 0.0195. The predicted octanol–water partition coefficient (Wildman–Crippen LogP) is 1.43. The molecular weight excluding hydrogens is 390 g/mol. The van der Waals surface area contributed by atoms with Crippen molar-refractivity contribution in [2.24, 2.45) is 0 Å². The molecule has 0 saturated carbocycles. The summed E-state index contributed by atoms with van der Waals surface area (Å²) in [6, 6.07) is 5.76. The van der Waals surface area contributed by atoms with Gasteiger partial charge in [0, 0.05) is 24.9 Å². The van der Waals surface area contributed by atoms with Crippen molar-refractivity contribution < 1.29 is 29.0 Å². The van der Waals surface area contributed by atoms with Crippen molar-refractivity contribution in [3.05, 3.63) is 41.5 Å². The van der Waals surface area contributed by atoms with Gasteiger partial charge in [-0.15, -0.1) is 0 Å². The number of amides is 2. The zero-order valence-electron chi connectivity index (χ0n) is 17.6. The molecule has 1 aromatic rings. The fourth-order valence-corrected chi connectivity index (χ4v) is 3.12. The second-order valence-corrected chi connectivity index (χ2v) is 7.44. The molecule has 1 aliphatic heterocycles. The average Bonchev–Trinajstić information content (AvgIpc) is 2.88. The van der Waals surface area contributed by atoms with Crippen molar-refractivity contribution in [1.82, 2.24) is 10.2 Å². The largest absolute Gasteiger partial charge is 0.466 e. The van der Waals surface area contributed by atoms with E-state index in [1.54, 1.807) is 0 Å². The number of methoxy groups -OCH3 is 1. The number of carbonyl (C=O) groups excluding carboxylic acids is 2. The lowest BCUT2D eigenvalue weighted by molar-refractivity contribution is -0.135. The van der Waals surface area contributed by atoms with Gasteiger partial charge in [-0.2, -0.15) is 0 Å². The number of esters is 1. The molecule has 1 aliphatic rings. The molecule has 0 aromatic heterocycles. The molecule has 0 unspecified atom stereocenters. The van der Waals surface area contributed by atoms with E-state index < -0.39 is 23.5 Å². The van der Waals surface area contributed by atoms with Crippen molar-refractivity contribution in [3.63, 3.8) is 0 Å². The highest BCUT2D eigenvalue weighted by Crippen LogP contribution is 2.21. The monoisotopic (exact) mass is 419 g/mol. The van der Waals surface area contributed by atoms with Crippen LogP contribution in [-0.2, 0) is 31.9 Å². The van der Waals surface area contributed by atoms with Gasteiger partial charge in [-0.3, -0.25) is 4.79 Å². The molecule has 0 radical (unpaired) electrons. The maximum absolute atomic E-state index is 12.9. The molecule has 164 valence electrons. The summed E-state index contributed by atoms with van der Waals surface area (Å²) in [4.78, 5) is 37.4. The van der Waals surface area contributed by atoms with Crippen LogP contribution in [-0.4, -0.2) is 74.0 Å². The Morgan fingerprint density at radius 3 is 2.60 bits per heavy atom. The van der Waals surface area contributed by atoms with E-state index >= 15 is 0 Å². The van der Waals surface area contributed by atoms with E-state index in [1.165, 1.54) is 37.3 Å². The molecular formula is C21H29N3O6. The van der Waals surface area contributed by atoms with E-state index in [2.05, 4.69) is 27.3 Å². The van der Waals surface area contributed by atoms with Crippen LogP contribution in [0.25, 0.3) is 0 Å². The summed E-state index contributed by atoms with van der Waals surface area (Å²) in [5, 5.41) is 14.2. The van der Waals surface area contributed by atoms with Gasteiger partial charge in [-0.25, -0.2) is 9.59 Å². The molecule has 0 spiro atoms. The molecule has 9 nitrogen and oxygen atoms in total. The van der Waals surface area contributed by atoms with E-state index in [-0.39, 0.29) is 13.2 Å². The van der Waals surface area contributed by atoms with Crippen LogP contribution in [0.4, 0.5) is 10.5 Å². The third kappa shape index (κ3) is 6.85. The molecule has 0 saturated heterocycles. The van der Waals surface area contributed by atoms with Crippen LogP contribution in [0.1, 0.15) is 18.1 Å². The standard InChI is InChI=1S/C21H29N3O6/c1-21(23-20(27)28,14-30-12-4-5-18(25)29-3)19(26)22-17-7-6-15-8-10-24(2)11-9-16(15)13-17/h4-7,13,23H,8-12,14H2,1-3H3,(H,22,26)(H,27,28)/t21-/m1/s1. The fourth-order valence-electron chi connectivity index (χ4n) is 3.12. The van der Waals surface area contributed by atoms with Gasteiger partial charge in [-0.05, 0) is 50.1 Å². The lowest BCUT2D eigenvalue weighted by Crippen LogP contribution is -2.57. The van der Waals surface area contributed by atoms with Crippen LogP contribution in [0.15, 0.2) is 30.4 Å². The van der Waals surface area contributed by atoms with Gasteiger partial charge in [-0.1, -0.05) is 12.1 Å². The van der Waals surface area contributed by atoms with E-state index in [0.29, 0.717) is 5.69 Å². The van der Waals surface area contributed by atoms with Gasteiger partial charge in [0.2, 0.25) is 0 Å². The first-order valence-corrected chi connectivity index (χ1v) is 9.68. The highest BCUT2D eigenvalue weighted by atomic mass is 16.5. The van der Waals surface area contributed by atoms with Gasteiger partial charge in [0.25, 0.3) is 5.91 Å². The number of benzene rings is 1. The zero-order valence-corrected chi connectivity index (χ0v) is 17.6. The Balaban J connectivity index is 2.04. The summed E-state index contributed by atoms with van der Waals surface area (Å²) in [7, 11) is 3.34. The van der Waals surface area contributed by atoms with Gasteiger partial charge < -0.3 is 30.1 Å². The van der Waals surface area contributed by atoms with Crippen molar-refractivity contribution >= 4 is 23.7 Å². The molecule has 1 aromatic carbocycles. The molecule has 3 N–H and O–H groups in total. The number of likely N-dealkylation sites (N-methyl/N-ethyl adjacent to an activating group) is 1. The fraction of sp³-hybridized carbons (Fsp3) is 0.476. The van der Waals surface area contributed by atoms with Crippen LogP contribution < -0.4 is 10.6 Å². The normalized spacial score (nSPS) is 16.2. The molecule has 0 fully saturated rings. The summed E-state index contributed by atoms with van der Waals surface area (Å²) in [5.74, 6) is -1.07. The van der Waals surface area contributed by atoms with Gasteiger partial charge in [0.15, 0.2) is 0 Å². The number of carboxylic acid groups (broad SMARTS) is 1. The maximum Gasteiger partial charge on any atom is 0.405 e. The number of fused-ring (bicyclic) bond motifs is 1. The molecule has 1 heterocycles. The number of hydrogen-bond acceptors (Lipinski definition) is 6. The van der Waals surface area contributed by atoms with Gasteiger partial charge in [0.1, 0.15) is 5.54 Å². The average molecular weight is 419 g/mol. The summed E-state index contributed by atoms with van der Waals surface area (Å²) in [6.45, 7) is 3.17. The number of nitrogens with zero attached hydrogens (tertiary/aromatic N) is 1. The van der Waals surface area contributed by atoms with E-state index in [4.69, 9.17) is 9.84 Å². The van der Waals surface area contributed by atoms with E-state index in [9.17, 15) is 14.4 Å². The highest BCUT2D eigenvalue weighted by molar-refractivity contribution is 5.99. The second kappa shape index (κ2) is 10.7. The molecule has 1 atom stereocenters. The Bertz CT molecular complexity index is 810. The van der Waals surface area contributed by atoms with Crippen LogP contribution in [0.2, 0.25) is 0 Å². The van der Waals surface area contributed by atoms with Crippen molar-refractivity contribution in [2.75, 3.05) is 45.8 Å². The third-order valence-corrected chi connectivity index (χ3v) is 4.93. The molecule has 9 heteroatoms. The van der Waals surface area contributed by atoms with Crippen LogP contribution in [0.5, 0.6) is 0 Å². The minimum Gasteiger partial charge on any atom is -0.466 e. The van der Waals surface area contributed by atoms with Crippen molar-refractivity contribution in [3.8, 4) is 0 Å². The van der Waals surface area contributed by atoms with E-state index in [0.717, 1.165) is 25.9 Å². The Hall–Kier alpha value is -2.91. The Morgan fingerprint density at radius 1 is 1.23 bits per heavy atom. The van der Waals surface area contributed by atoms with Gasteiger partial charge in [0.05, 0.1) is 20.3 Å². The first-order valence-electron chi connectivity index (χ1n) is 9.68. The first kappa shape index (κ1) is 23.4. The second-order valence-electron chi connectivity index (χ2n) is 7.44. The molecule has 0 bridgehead atoms. The maximum atomic E-state index is 12.9. The summed E-state index contributed by atoms with van der Waals surface area (Å²) >= 11 is 0. The smallest absolute Gasteiger partial charge is 0.405 e. The quantitative estimate of drug-likeness (QED) is 0.331. The number of nitrogens with one attached hydrogen (secondary N) is 2. The lowest BCUT2D eigenvalue weighted by Gasteiger charge is -2.28. The van der Waals surface area contributed by atoms with Crippen LogP contribution >= 0.6 is 0 Å². The zero-order chi connectivity index (χ0) is 22.1. The summed E-state index contributed by atoms with van der Waals surface area (Å²) < 4.78 is 9.86. The topological polar surface area (TPSA) is 117 Å². The van der Waals surface area contributed by atoms with Crippen LogP contribution in [0.3, 0.4) is 0 Å². The Labute approximate surface area is 176 Å². The predicted molar refractivity (Wildman–Crippen MR) is 112 cm³/mol. The summed E-state index contributed by atoms with van der Waals surface area (Å²) in [6.07, 6.45) is 3.11. The third-order valence-electron chi connectivity index (χ3n) is 4.93. The number of ether oxygens (including phenoxy) is 2. The number of hydrogen-bond donors (Lipinski definition) is 3.